The fourth-order valence-electron chi connectivity index (χ4n) is 2.47. The summed E-state index contributed by atoms with van der Waals surface area (Å²) in [6.45, 7) is 1.71. The maximum atomic E-state index is 11.9. The van der Waals surface area contributed by atoms with Crippen molar-refractivity contribution in [2.75, 3.05) is 26.9 Å². The number of methoxy groups -OCH3 is 1. The molecule has 12 heteroatoms. The minimum atomic E-state index is -1.53. The number of nitrogens with one attached hydrogen (secondary N) is 2. The van der Waals surface area contributed by atoms with Gasteiger partial charge in [-0.2, -0.15) is 0 Å². The van der Waals surface area contributed by atoms with E-state index in [0.29, 0.717) is 0 Å². The third-order valence-electron chi connectivity index (χ3n) is 4.09. The summed E-state index contributed by atoms with van der Waals surface area (Å²) in [7, 11) is 1.20. The largest absolute Gasteiger partial charge is 0.467 e. The van der Waals surface area contributed by atoms with Gasteiger partial charge in [0.1, 0.15) is 37.1 Å². The van der Waals surface area contributed by atoms with Crippen molar-refractivity contribution < 1.29 is 49.0 Å². The van der Waals surface area contributed by atoms with Crippen LogP contribution in [-0.4, -0.2) is 102 Å². The maximum absolute atomic E-state index is 11.9. The summed E-state index contributed by atoms with van der Waals surface area (Å²) >= 11 is 0. The molecular weight excluding hydrogens is 380 g/mol. The highest BCUT2D eigenvalue weighted by atomic mass is 16.7. The quantitative estimate of drug-likeness (QED) is 0.196. The van der Waals surface area contributed by atoms with Crippen LogP contribution in [0.5, 0.6) is 0 Å². The molecule has 1 rings (SSSR count). The summed E-state index contributed by atoms with van der Waals surface area (Å²) in [6.07, 6.45) is -7.14. The highest BCUT2D eigenvalue weighted by molar-refractivity contribution is 5.88. The van der Waals surface area contributed by atoms with Gasteiger partial charge in [0.15, 0.2) is 6.29 Å². The molecule has 6 N–H and O–H groups in total. The summed E-state index contributed by atoms with van der Waals surface area (Å²) in [5.74, 6) is -2.16. The van der Waals surface area contributed by atoms with Crippen LogP contribution in [0.4, 0.5) is 0 Å². The molecule has 0 bridgehead atoms. The Balaban J connectivity index is 2.41. The molecule has 1 fully saturated rings. The van der Waals surface area contributed by atoms with Crippen molar-refractivity contribution in [3.8, 4) is 0 Å². The van der Waals surface area contributed by atoms with Gasteiger partial charge in [-0.3, -0.25) is 9.59 Å². The SMILES string of the molecule is COC(=O)[C@@H](NC(=O)CNC(=O)CO[C@H]1O[C@H]([C@H](O)CO)[C@H](O)[C@@H]1O)C(C)C. The number of carbonyl (C=O) groups excluding carboxylic acids is 3. The van der Waals surface area contributed by atoms with Gasteiger partial charge in [0.25, 0.3) is 0 Å². The normalized spacial score (nSPS) is 26.6. The maximum Gasteiger partial charge on any atom is 0.328 e. The lowest BCUT2D eigenvalue weighted by atomic mass is 10.0. The average Bonchev–Trinajstić information content (AvgIpc) is 2.95. The molecule has 0 aliphatic carbocycles. The van der Waals surface area contributed by atoms with Gasteiger partial charge in [-0.25, -0.2) is 4.79 Å². The Kier molecular flexibility index (Phi) is 9.72. The minimum Gasteiger partial charge on any atom is -0.467 e. The van der Waals surface area contributed by atoms with Crippen LogP contribution in [0.3, 0.4) is 0 Å². The summed E-state index contributed by atoms with van der Waals surface area (Å²) in [5.41, 5.74) is 0. The first-order valence-corrected chi connectivity index (χ1v) is 8.68. The molecule has 1 aliphatic rings. The topological polar surface area (TPSA) is 184 Å². The van der Waals surface area contributed by atoms with E-state index in [2.05, 4.69) is 15.4 Å². The minimum absolute atomic E-state index is 0.218. The molecule has 0 spiro atoms. The van der Waals surface area contributed by atoms with Gasteiger partial charge in [0.05, 0.1) is 20.3 Å². The van der Waals surface area contributed by atoms with Crippen LogP contribution in [0.1, 0.15) is 13.8 Å². The Bertz CT molecular complexity index is 544. The molecule has 0 aromatic carbocycles. The van der Waals surface area contributed by atoms with Crippen molar-refractivity contribution in [1.82, 2.24) is 10.6 Å². The van der Waals surface area contributed by atoms with Crippen molar-refractivity contribution in [2.45, 2.75) is 50.6 Å². The number of rotatable bonds is 10. The van der Waals surface area contributed by atoms with E-state index in [1.807, 2.05) is 0 Å². The van der Waals surface area contributed by atoms with Gasteiger partial charge < -0.3 is 45.3 Å². The molecule has 12 nitrogen and oxygen atoms in total. The number of amides is 2. The number of ether oxygens (including phenoxy) is 3. The Morgan fingerprint density at radius 2 is 1.79 bits per heavy atom. The second-order valence-corrected chi connectivity index (χ2v) is 6.60. The first-order chi connectivity index (χ1) is 13.1. The Hall–Kier alpha value is -1.83. The van der Waals surface area contributed by atoms with Crippen LogP contribution >= 0.6 is 0 Å². The molecule has 1 heterocycles. The molecule has 6 atom stereocenters. The van der Waals surface area contributed by atoms with Crippen LogP contribution in [0, 0.1) is 5.92 Å². The van der Waals surface area contributed by atoms with Crippen LogP contribution in [0.25, 0.3) is 0 Å². The first kappa shape index (κ1) is 24.2. The van der Waals surface area contributed by atoms with E-state index in [4.69, 9.17) is 14.6 Å². The van der Waals surface area contributed by atoms with Gasteiger partial charge >= 0.3 is 5.97 Å². The molecule has 162 valence electrons. The second kappa shape index (κ2) is 11.2. The highest BCUT2D eigenvalue weighted by Crippen LogP contribution is 2.24. The number of esters is 1. The fraction of sp³-hybridized carbons (Fsp3) is 0.812. The molecule has 0 unspecified atom stereocenters. The Morgan fingerprint density at radius 1 is 1.14 bits per heavy atom. The molecule has 28 heavy (non-hydrogen) atoms. The molecular formula is C16H28N2O10. The van der Waals surface area contributed by atoms with E-state index < -0.39 is 74.3 Å². The van der Waals surface area contributed by atoms with E-state index in [1.165, 1.54) is 7.11 Å². The number of aliphatic hydroxyl groups excluding tert-OH is 4. The standard InChI is InChI=1S/C16H28N2O10/c1-7(2)11(15(25)26-3)18-9(21)4-17-10(22)6-27-16-13(24)12(23)14(28-16)8(20)5-19/h7-8,11-14,16,19-20,23-24H,4-6H2,1-3H3,(H,17,22)(H,18,21)/t8-,11+,12-,13+,14-,16+/m1/s1. The van der Waals surface area contributed by atoms with E-state index in [-0.39, 0.29) is 5.92 Å². The van der Waals surface area contributed by atoms with Gasteiger partial charge in [0.2, 0.25) is 11.8 Å². The first-order valence-electron chi connectivity index (χ1n) is 8.68. The van der Waals surface area contributed by atoms with Crippen LogP contribution < -0.4 is 10.6 Å². The fourth-order valence-corrected chi connectivity index (χ4v) is 2.47. The van der Waals surface area contributed by atoms with E-state index in [9.17, 15) is 29.7 Å². The molecule has 1 aliphatic heterocycles. The lowest BCUT2D eigenvalue weighted by molar-refractivity contribution is -0.183. The molecule has 0 aromatic heterocycles. The van der Waals surface area contributed by atoms with Crippen LogP contribution in [0.15, 0.2) is 0 Å². The van der Waals surface area contributed by atoms with Crippen LogP contribution in [-0.2, 0) is 28.6 Å². The molecule has 0 saturated carbocycles. The molecule has 1 saturated heterocycles. The number of aliphatic hydroxyl groups is 4. The zero-order valence-electron chi connectivity index (χ0n) is 15.9. The molecule has 0 aromatic rings. The zero-order valence-corrected chi connectivity index (χ0v) is 15.9. The van der Waals surface area contributed by atoms with Crippen molar-refractivity contribution >= 4 is 17.8 Å². The number of hydrogen-bond acceptors (Lipinski definition) is 10. The van der Waals surface area contributed by atoms with Crippen molar-refractivity contribution in [3.63, 3.8) is 0 Å². The monoisotopic (exact) mass is 408 g/mol. The van der Waals surface area contributed by atoms with Crippen molar-refractivity contribution in [2.24, 2.45) is 5.92 Å². The van der Waals surface area contributed by atoms with Crippen LogP contribution in [0.2, 0.25) is 0 Å². The predicted molar refractivity (Wildman–Crippen MR) is 91.5 cm³/mol. The summed E-state index contributed by atoms with van der Waals surface area (Å²) in [6, 6.07) is -0.857. The van der Waals surface area contributed by atoms with Gasteiger partial charge in [0, 0.05) is 0 Å². The molecule has 2 amide bonds. The van der Waals surface area contributed by atoms with E-state index in [0.717, 1.165) is 0 Å². The van der Waals surface area contributed by atoms with Gasteiger partial charge in [-0.05, 0) is 5.92 Å². The predicted octanol–water partition coefficient (Wildman–Crippen LogP) is -3.77. The van der Waals surface area contributed by atoms with Crippen molar-refractivity contribution in [1.29, 1.82) is 0 Å². The average molecular weight is 408 g/mol. The summed E-state index contributed by atoms with van der Waals surface area (Å²) < 4.78 is 14.7. The smallest absolute Gasteiger partial charge is 0.328 e. The third-order valence-corrected chi connectivity index (χ3v) is 4.09. The highest BCUT2D eigenvalue weighted by Gasteiger charge is 2.46. The third kappa shape index (κ3) is 6.65. The van der Waals surface area contributed by atoms with E-state index >= 15 is 0 Å². The van der Waals surface area contributed by atoms with Crippen molar-refractivity contribution in [3.05, 3.63) is 0 Å². The van der Waals surface area contributed by atoms with E-state index in [1.54, 1.807) is 13.8 Å². The zero-order chi connectivity index (χ0) is 21.4. The Labute approximate surface area is 161 Å². The molecule has 0 radical (unpaired) electrons. The van der Waals surface area contributed by atoms with Gasteiger partial charge in [-0.1, -0.05) is 13.8 Å². The van der Waals surface area contributed by atoms with Gasteiger partial charge in [-0.15, -0.1) is 0 Å². The number of hydrogen-bond donors (Lipinski definition) is 6. The lowest BCUT2D eigenvalue weighted by Gasteiger charge is -2.20. The summed E-state index contributed by atoms with van der Waals surface area (Å²) in [4.78, 5) is 35.2. The second-order valence-electron chi connectivity index (χ2n) is 6.60. The lowest BCUT2D eigenvalue weighted by Crippen LogP contribution is -2.49. The Morgan fingerprint density at radius 3 is 2.32 bits per heavy atom. The summed E-state index contributed by atoms with van der Waals surface area (Å²) in [5, 5.41) is 42.6. The number of carbonyl (C=O) groups is 3.